The van der Waals surface area contributed by atoms with Gasteiger partial charge in [0.15, 0.2) is 0 Å². The molecule has 4 aromatic rings. The Morgan fingerprint density at radius 2 is 1.70 bits per heavy atom. The molecule has 0 bridgehead atoms. The number of carbonyl (C=O) groups is 1. The van der Waals surface area contributed by atoms with Gasteiger partial charge in [0.2, 0.25) is 0 Å². The number of nitriles is 1. The second-order valence-corrected chi connectivity index (χ2v) is 7.81. The van der Waals surface area contributed by atoms with E-state index < -0.39 is 0 Å². The summed E-state index contributed by atoms with van der Waals surface area (Å²) in [6.45, 7) is 3.95. The molecule has 5 rings (SSSR count). The Morgan fingerprint density at radius 3 is 2.47 bits per heavy atom. The van der Waals surface area contributed by atoms with Crippen LogP contribution in [-0.2, 0) is 6.54 Å². The molecule has 1 aromatic heterocycles. The number of nitrogens with one attached hydrogen (secondary N) is 1. The van der Waals surface area contributed by atoms with E-state index in [1.165, 1.54) is 10.9 Å². The molecule has 0 radical (unpaired) electrons. The van der Waals surface area contributed by atoms with Gasteiger partial charge in [0.25, 0.3) is 5.91 Å². The molecular formula is C25H22N4O. The van der Waals surface area contributed by atoms with E-state index in [9.17, 15) is 4.79 Å². The van der Waals surface area contributed by atoms with Crippen LogP contribution >= 0.6 is 0 Å². The van der Waals surface area contributed by atoms with Crippen LogP contribution in [-0.4, -0.2) is 46.9 Å². The van der Waals surface area contributed by atoms with Crippen molar-refractivity contribution < 1.29 is 4.79 Å². The van der Waals surface area contributed by atoms with Crippen LogP contribution < -0.4 is 0 Å². The number of hydrogen-bond donors (Lipinski definition) is 1. The van der Waals surface area contributed by atoms with Gasteiger partial charge in [-0.25, -0.2) is 0 Å². The van der Waals surface area contributed by atoms with E-state index >= 15 is 0 Å². The van der Waals surface area contributed by atoms with Gasteiger partial charge in [-0.15, -0.1) is 0 Å². The lowest BCUT2D eigenvalue weighted by molar-refractivity contribution is 0.0623. The highest BCUT2D eigenvalue weighted by atomic mass is 16.2. The summed E-state index contributed by atoms with van der Waals surface area (Å²) in [7, 11) is 0. The van der Waals surface area contributed by atoms with E-state index in [2.05, 4.69) is 34.2 Å². The molecule has 1 fully saturated rings. The molecule has 0 atom stereocenters. The minimum atomic E-state index is 0.0632. The SMILES string of the molecule is N#Cc1ccc(CN2CCN(C(=O)c3cc4c(ccc5ccccc54)[nH]3)CC2)cc1. The third kappa shape index (κ3) is 3.42. The first-order valence-corrected chi connectivity index (χ1v) is 10.2. The summed E-state index contributed by atoms with van der Waals surface area (Å²) < 4.78 is 0. The Kier molecular flexibility index (Phi) is 4.70. The average molecular weight is 394 g/mol. The smallest absolute Gasteiger partial charge is 0.270 e. The van der Waals surface area contributed by atoms with Crippen LogP contribution in [0.5, 0.6) is 0 Å². The standard InChI is InChI=1S/C25H22N4O/c26-16-18-5-7-19(8-6-18)17-28-11-13-29(14-12-28)25(30)24-15-22-21-4-2-1-3-20(21)9-10-23(22)27-24/h1-10,15,27H,11-14,17H2. The summed E-state index contributed by atoms with van der Waals surface area (Å²) in [5.41, 5.74) is 3.52. The van der Waals surface area contributed by atoms with Crippen molar-refractivity contribution in [3.63, 3.8) is 0 Å². The molecular weight excluding hydrogens is 372 g/mol. The lowest BCUT2D eigenvalue weighted by Crippen LogP contribution is -2.48. The van der Waals surface area contributed by atoms with Gasteiger partial charge in [-0.2, -0.15) is 5.26 Å². The minimum absolute atomic E-state index is 0.0632. The Morgan fingerprint density at radius 1 is 0.933 bits per heavy atom. The number of aromatic amines is 1. The van der Waals surface area contributed by atoms with E-state index in [4.69, 9.17) is 5.26 Å². The van der Waals surface area contributed by atoms with Crippen molar-refractivity contribution in [1.29, 1.82) is 5.26 Å². The van der Waals surface area contributed by atoms with Crippen LogP contribution in [0.1, 0.15) is 21.6 Å². The van der Waals surface area contributed by atoms with Crippen LogP contribution in [0, 0.1) is 11.3 Å². The fourth-order valence-corrected chi connectivity index (χ4v) is 4.22. The van der Waals surface area contributed by atoms with Gasteiger partial charge in [-0.05, 0) is 40.6 Å². The van der Waals surface area contributed by atoms with Crippen LogP contribution in [0.4, 0.5) is 0 Å². The lowest BCUT2D eigenvalue weighted by atomic mass is 10.1. The number of benzene rings is 3. The molecule has 1 aliphatic heterocycles. The van der Waals surface area contributed by atoms with E-state index in [0.29, 0.717) is 24.3 Å². The predicted octanol–water partition coefficient (Wildman–Crippen LogP) is 4.15. The normalized spacial score (nSPS) is 14.8. The zero-order valence-electron chi connectivity index (χ0n) is 16.6. The molecule has 1 aliphatic rings. The number of H-pyrrole nitrogens is 1. The summed E-state index contributed by atoms with van der Waals surface area (Å²) >= 11 is 0. The fraction of sp³-hybridized carbons (Fsp3) is 0.200. The quantitative estimate of drug-likeness (QED) is 0.568. The lowest BCUT2D eigenvalue weighted by Gasteiger charge is -2.34. The van der Waals surface area contributed by atoms with Crippen molar-refractivity contribution in [3.05, 3.63) is 83.6 Å². The van der Waals surface area contributed by atoms with Gasteiger partial charge in [0.1, 0.15) is 5.69 Å². The Labute approximate surface area is 175 Å². The summed E-state index contributed by atoms with van der Waals surface area (Å²) in [6, 6.07) is 24.2. The van der Waals surface area contributed by atoms with Crippen molar-refractivity contribution in [2.75, 3.05) is 26.2 Å². The van der Waals surface area contributed by atoms with Crippen molar-refractivity contribution in [3.8, 4) is 6.07 Å². The number of amides is 1. The molecule has 1 amide bonds. The highest BCUT2D eigenvalue weighted by Crippen LogP contribution is 2.26. The van der Waals surface area contributed by atoms with Crippen molar-refractivity contribution in [2.45, 2.75) is 6.54 Å². The molecule has 30 heavy (non-hydrogen) atoms. The number of fused-ring (bicyclic) bond motifs is 3. The molecule has 0 saturated carbocycles. The first-order valence-electron chi connectivity index (χ1n) is 10.2. The van der Waals surface area contributed by atoms with Crippen molar-refractivity contribution in [1.82, 2.24) is 14.8 Å². The van der Waals surface area contributed by atoms with Gasteiger partial charge in [-0.3, -0.25) is 9.69 Å². The molecule has 0 spiro atoms. The molecule has 5 nitrogen and oxygen atoms in total. The molecule has 0 unspecified atom stereocenters. The molecule has 3 aromatic carbocycles. The second kappa shape index (κ2) is 7.66. The van der Waals surface area contributed by atoms with Crippen molar-refractivity contribution >= 4 is 27.6 Å². The molecule has 1 saturated heterocycles. The third-order valence-electron chi connectivity index (χ3n) is 5.91. The fourth-order valence-electron chi connectivity index (χ4n) is 4.22. The zero-order chi connectivity index (χ0) is 20.5. The van der Waals surface area contributed by atoms with E-state index in [1.54, 1.807) is 0 Å². The van der Waals surface area contributed by atoms with E-state index in [1.807, 2.05) is 53.4 Å². The van der Waals surface area contributed by atoms with E-state index in [-0.39, 0.29) is 5.91 Å². The number of piperazine rings is 1. The summed E-state index contributed by atoms with van der Waals surface area (Å²) in [6.07, 6.45) is 0. The molecule has 5 heteroatoms. The Bertz CT molecular complexity index is 1260. The maximum Gasteiger partial charge on any atom is 0.270 e. The van der Waals surface area contributed by atoms with E-state index in [0.717, 1.165) is 35.9 Å². The van der Waals surface area contributed by atoms with Crippen LogP contribution in [0.2, 0.25) is 0 Å². The molecule has 2 heterocycles. The topological polar surface area (TPSA) is 63.1 Å². The van der Waals surface area contributed by atoms with Crippen molar-refractivity contribution in [2.24, 2.45) is 0 Å². The van der Waals surface area contributed by atoms with Crippen LogP contribution in [0.15, 0.2) is 66.7 Å². The Hall–Kier alpha value is -3.62. The third-order valence-corrected chi connectivity index (χ3v) is 5.91. The monoisotopic (exact) mass is 394 g/mol. The first kappa shape index (κ1) is 18.4. The first-order chi connectivity index (χ1) is 14.7. The van der Waals surface area contributed by atoms with Gasteiger partial charge in [0.05, 0.1) is 11.6 Å². The maximum absolute atomic E-state index is 13.1. The zero-order valence-corrected chi connectivity index (χ0v) is 16.6. The maximum atomic E-state index is 13.1. The van der Waals surface area contributed by atoms with Crippen LogP contribution in [0.3, 0.4) is 0 Å². The van der Waals surface area contributed by atoms with Crippen LogP contribution in [0.25, 0.3) is 21.7 Å². The minimum Gasteiger partial charge on any atom is -0.351 e. The average Bonchev–Trinajstić information content (AvgIpc) is 3.25. The molecule has 148 valence electrons. The molecule has 0 aliphatic carbocycles. The number of aromatic nitrogens is 1. The van der Waals surface area contributed by atoms with Gasteiger partial charge in [-0.1, -0.05) is 42.5 Å². The highest BCUT2D eigenvalue weighted by Gasteiger charge is 2.23. The molecule has 1 N–H and O–H groups in total. The predicted molar refractivity (Wildman–Crippen MR) is 118 cm³/mol. The number of hydrogen-bond acceptors (Lipinski definition) is 3. The van der Waals surface area contributed by atoms with Gasteiger partial charge < -0.3 is 9.88 Å². The van der Waals surface area contributed by atoms with Gasteiger partial charge in [0, 0.05) is 43.6 Å². The second-order valence-electron chi connectivity index (χ2n) is 7.81. The summed E-state index contributed by atoms with van der Waals surface area (Å²) in [4.78, 5) is 20.7. The number of rotatable bonds is 3. The summed E-state index contributed by atoms with van der Waals surface area (Å²) in [5, 5.41) is 12.4. The largest absolute Gasteiger partial charge is 0.351 e. The highest BCUT2D eigenvalue weighted by molar-refractivity contribution is 6.09. The Balaban J connectivity index is 1.27. The summed E-state index contributed by atoms with van der Waals surface area (Å²) in [5.74, 6) is 0.0632. The van der Waals surface area contributed by atoms with Gasteiger partial charge >= 0.3 is 0 Å². The number of carbonyl (C=O) groups excluding carboxylic acids is 1. The number of nitrogens with zero attached hydrogens (tertiary/aromatic N) is 3.